The first-order chi connectivity index (χ1) is 21.6. The number of nitrogens with zero attached hydrogens (tertiary/aromatic N) is 5. The molecule has 0 unspecified atom stereocenters. The number of carbonyl (C=O) groups is 1. The molecule has 0 spiro atoms. The average Bonchev–Trinajstić information content (AvgIpc) is 3.63. The largest absolute Gasteiger partial charge is 0.573 e. The van der Waals surface area contributed by atoms with Crippen LogP contribution >= 0.6 is 24.0 Å². The number of amidine groups is 1. The number of anilines is 1. The van der Waals surface area contributed by atoms with Gasteiger partial charge in [0.15, 0.2) is 16.1 Å². The number of ether oxygens (including phenoxy) is 1. The van der Waals surface area contributed by atoms with Crippen LogP contribution in [0.4, 0.5) is 18.9 Å². The number of carbonyl (C=O) groups excluding carboxylic acids is 1. The summed E-state index contributed by atoms with van der Waals surface area (Å²) in [5, 5.41) is 8.61. The van der Waals surface area contributed by atoms with E-state index in [0.29, 0.717) is 34.1 Å². The number of aliphatic imine (C=N–C) groups is 1. The van der Waals surface area contributed by atoms with Crippen molar-refractivity contribution in [1.82, 2.24) is 20.1 Å². The number of amides is 1. The molecule has 1 fully saturated rings. The lowest BCUT2D eigenvalue weighted by Crippen LogP contribution is -2.32. The molecule has 3 aromatic carbocycles. The number of halogens is 3. The molecule has 1 N–H and O–H groups in total. The van der Waals surface area contributed by atoms with Crippen molar-refractivity contribution in [3.8, 4) is 22.8 Å². The first kappa shape index (κ1) is 32.2. The van der Waals surface area contributed by atoms with E-state index < -0.39 is 6.36 Å². The molecule has 0 atom stereocenters. The second-order valence-electron chi connectivity index (χ2n) is 10.4. The molecule has 45 heavy (non-hydrogen) atoms. The van der Waals surface area contributed by atoms with Crippen LogP contribution in [0.5, 0.6) is 5.75 Å². The lowest BCUT2D eigenvalue weighted by Gasteiger charge is -2.20. The third kappa shape index (κ3) is 8.49. The van der Waals surface area contributed by atoms with Crippen molar-refractivity contribution in [2.45, 2.75) is 45.9 Å². The van der Waals surface area contributed by atoms with Gasteiger partial charge in [0.05, 0.1) is 17.1 Å². The van der Waals surface area contributed by atoms with Gasteiger partial charge in [-0.15, -0.1) is 18.3 Å². The minimum atomic E-state index is -4.75. The summed E-state index contributed by atoms with van der Waals surface area (Å²) in [7, 11) is 0. The summed E-state index contributed by atoms with van der Waals surface area (Å²) >= 11 is 6.90. The summed E-state index contributed by atoms with van der Waals surface area (Å²) in [5.41, 5.74) is 5.52. The molecule has 0 saturated carbocycles. The van der Waals surface area contributed by atoms with E-state index in [4.69, 9.17) is 12.2 Å². The highest BCUT2D eigenvalue weighted by molar-refractivity contribution is 8.15. The molecule has 5 rings (SSSR count). The molecule has 1 saturated heterocycles. The molecule has 1 amide bonds. The monoisotopic (exact) mass is 652 g/mol. The van der Waals surface area contributed by atoms with Crippen molar-refractivity contribution in [1.29, 1.82) is 0 Å². The second-order valence-corrected chi connectivity index (χ2v) is 11.7. The third-order valence-electron chi connectivity index (χ3n) is 6.89. The summed E-state index contributed by atoms with van der Waals surface area (Å²) in [5.74, 6) is 0.511. The summed E-state index contributed by atoms with van der Waals surface area (Å²) in [6, 6.07) is 19.4. The van der Waals surface area contributed by atoms with Gasteiger partial charge in [-0.2, -0.15) is 4.99 Å². The smallest absolute Gasteiger partial charge is 0.406 e. The van der Waals surface area contributed by atoms with Gasteiger partial charge in [0, 0.05) is 12.1 Å². The molecule has 0 aliphatic carbocycles. The zero-order valence-corrected chi connectivity index (χ0v) is 26.3. The highest BCUT2D eigenvalue weighted by atomic mass is 32.2. The normalized spacial score (nSPS) is 14.3. The Morgan fingerprint density at radius 2 is 1.91 bits per heavy atom. The number of rotatable bonds is 10. The van der Waals surface area contributed by atoms with E-state index in [9.17, 15) is 18.0 Å². The number of thiocarbonyl (C=S) groups is 1. The molecular formula is C32H31F3N6O2S2. The highest BCUT2D eigenvalue weighted by Gasteiger charge is 2.32. The second kappa shape index (κ2) is 14.2. The van der Waals surface area contributed by atoms with E-state index in [2.05, 4.69) is 44.2 Å². The predicted octanol–water partition coefficient (Wildman–Crippen LogP) is 7.04. The van der Waals surface area contributed by atoms with Gasteiger partial charge in [-0.25, -0.2) is 9.67 Å². The van der Waals surface area contributed by atoms with E-state index in [1.807, 2.05) is 37.3 Å². The fourth-order valence-electron chi connectivity index (χ4n) is 4.84. The fourth-order valence-corrected chi connectivity index (χ4v) is 5.96. The van der Waals surface area contributed by atoms with Crippen molar-refractivity contribution in [2.24, 2.45) is 4.99 Å². The molecule has 2 heterocycles. The number of aryl methyl sites for hydroxylation is 3. The Morgan fingerprint density at radius 3 is 2.67 bits per heavy atom. The predicted molar refractivity (Wildman–Crippen MR) is 175 cm³/mol. The van der Waals surface area contributed by atoms with Gasteiger partial charge in [-0.3, -0.25) is 9.69 Å². The number of hydrogen-bond donors (Lipinski definition) is 1. The number of benzene rings is 3. The molecule has 8 nitrogen and oxygen atoms in total. The molecular weight excluding hydrogens is 622 g/mol. The Bertz CT molecular complexity index is 1710. The van der Waals surface area contributed by atoms with Crippen LogP contribution < -0.4 is 15.0 Å². The SMILES string of the molecule is CCCc1ccc(C)cc1N1C(=O)CS/C1=N\C(=S)NCCCc1cccc(-c2ncn(-c3ccc(OC(F)(F)F)cc3)n2)c1. The van der Waals surface area contributed by atoms with Crippen LogP contribution in [0.1, 0.15) is 36.5 Å². The molecule has 234 valence electrons. The summed E-state index contributed by atoms with van der Waals surface area (Å²) < 4.78 is 42.7. The molecule has 4 aromatic rings. The van der Waals surface area contributed by atoms with Crippen molar-refractivity contribution < 1.29 is 22.7 Å². The summed E-state index contributed by atoms with van der Waals surface area (Å²) in [4.78, 5) is 23.5. The van der Waals surface area contributed by atoms with Crippen LogP contribution in [-0.2, 0) is 17.6 Å². The van der Waals surface area contributed by atoms with E-state index in [1.54, 1.807) is 4.90 Å². The van der Waals surface area contributed by atoms with Crippen molar-refractivity contribution >= 4 is 45.9 Å². The van der Waals surface area contributed by atoms with E-state index in [-0.39, 0.29) is 11.7 Å². The van der Waals surface area contributed by atoms with E-state index in [0.717, 1.165) is 53.6 Å². The maximum absolute atomic E-state index is 12.8. The molecule has 0 bridgehead atoms. The van der Waals surface area contributed by atoms with Crippen molar-refractivity contribution in [3.63, 3.8) is 0 Å². The summed E-state index contributed by atoms with van der Waals surface area (Å²) in [6.45, 7) is 4.73. The number of thioether (sulfide) groups is 1. The molecule has 13 heteroatoms. The Kier molecular flexibility index (Phi) is 10.2. The van der Waals surface area contributed by atoms with Gasteiger partial charge in [-0.05, 0) is 91.5 Å². The van der Waals surface area contributed by atoms with E-state index in [1.165, 1.54) is 47.0 Å². The topological polar surface area (TPSA) is 84.6 Å². The summed E-state index contributed by atoms with van der Waals surface area (Å²) in [6.07, 6.45) is 0.164. The van der Waals surface area contributed by atoms with Crippen LogP contribution in [0.15, 0.2) is 78.0 Å². The minimum Gasteiger partial charge on any atom is -0.406 e. The highest BCUT2D eigenvalue weighted by Crippen LogP contribution is 2.31. The Balaban J connectivity index is 1.16. The number of aromatic nitrogens is 3. The zero-order valence-electron chi connectivity index (χ0n) is 24.7. The Hall–Kier alpha value is -4.23. The van der Waals surface area contributed by atoms with Crippen molar-refractivity contribution in [3.05, 3.63) is 89.7 Å². The fraction of sp³-hybridized carbons (Fsp3) is 0.281. The molecule has 1 aliphatic rings. The first-order valence-electron chi connectivity index (χ1n) is 14.4. The minimum absolute atomic E-state index is 0.00264. The van der Waals surface area contributed by atoms with Crippen LogP contribution in [0.2, 0.25) is 0 Å². The van der Waals surface area contributed by atoms with Crippen molar-refractivity contribution in [2.75, 3.05) is 17.2 Å². The Labute approximate surface area is 268 Å². The van der Waals surface area contributed by atoms with Gasteiger partial charge < -0.3 is 10.1 Å². The third-order valence-corrected chi connectivity index (χ3v) is 8.05. The lowest BCUT2D eigenvalue weighted by atomic mass is 10.0. The van der Waals surface area contributed by atoms with Crippen LogP contribution in [0.25, 0.3) is 17.1 Å². The van der Waals surface area contributed by atoms with Crippen LogP contribution in [0.3, 0.4) is 0 Å². The standard InChI is InChI=1S/C32H31F3N6O2S2/c1-3-6-23-11-10-21(2)17-27(23)41-28(42)19-45-31(41)38-30(44)36-16-5-8-22-7-4-9-24(18-22)29-37-20-40(39-29)25-12-14-26(15-13-25)43-32(33,34)35/h4,7,9-15,17-18,20H,3,5-6,8,16,19H2,1-2H3,(H,36,44)/b38-31-. The lowest BCUT2D eigenvalue weighted by molar-refractivity contribution is -0.274. The van der Waals surface area contributed by atoms with Gasteiger partial charge in [0.1, 0.15) is 12.1 Å². The maximum atomic E-state index is 12.8. The first-order valence-corrected chi connectivity index (χ1v) is 15.8. The number of alkyl halides is 3. The average molecular weight is 653 g/mol. The molecule has 1 aromatic heterocycles. The Morgan fingerprint density at radius 1 is 1.11 bits per heavy atom. The quantitative estimate of drug-likeness (QED) is 0.145. The zero-order chi connectivity index (χ0) is 32.0. The molecule has 0 radical (unpaired) electrons. The van der Waals surface area contributed by atoms with Crippen LogP contribution in [-0.4, -0.2) is 49.6 Å². The number of nitrogens with one attached hydrogen (secondary N) is 1. The van der Waals surface area contributed by atoms with Gasteiger partial charge in [0.25, 0.3) is 0 Å². The maximum Gasteiger partial charge on any atom is 0.573 e. The number of hydrogen-bond acceptors (Lipinski definition) is 6. The van der Waals surface area contributed by atoms with Gasteiger partial charge in [0.2, 0.25) is 5.91 Å². The van der Waals surface area contributed by atoms with Crippen LogP contribution in [0, 0.1) is 6.92 Å². The van der Waals surface area contributed by atoms with Gasteiger partial charge in [-0.1, -0.05) is 55.4 Å². The molecule has 1 aliphatic heterocycles. The van der Waals surface area contributed by atoms with E-state index >= 15 is 0 Å². The van der Waals surface area contributed by atoms with Gasteiger partial charge >= 0.3 is 6.36 Å².